The highest BCUT2D eigenvalue weighted by Gasteiger charge is 2.49. The van der Waals surface area contributed by atoms with Gasteiger partial charge in [-0.25, -0.2) is 4.79 Å². The lowest BCUT2D eigenvalue weighted by Crippen LogP contribution is -2.48. The summed E-state index contributed by atoms with van der Waals surface area (Å²) in [7, 11) is 0. The molecular weight excluding hydrogens is 232 g/mol. The minimum absolute atomic E-state index is 0.112. The molecule has 1 saturated heterocycles. The van der Waals surface area contributed by atoms with Crippen molar-refractivity contribution in [3.05, 3.63) is 10.4 Å². The predicted molar refractivity (Wildman–Crippen MR) is 67.0 cm³/mol. The maximum atomic E-state index is 12.0. The summed E-state index contributed by atoms with van der Waals surface area (Å²) in [4.78, 5) is 16.6. The Hall–Kier alpha value is -1.42. The fourth-order valence-electron chi connectivity index (χ4n) is 2.51. The van der Waals surface area contributed by atoms with Gasteiger partial charge < -0.3 is 9.64 Å². The topological polar surface area (TPSA) is 78.3 Å². The number of carbonyl (C=O) groups is 1. The van der Waals surface area contributed by atoms with Gasteiger partial charge in [-0.05, 0) is 51.0 Å². The first-order valence-corrected chi connectivity index (χ1v) is 6.36. The third-order valence-electron chi connectivity index (χ3n) is 3.45. The van der Waals surface area contributed by atoms with Gasteiger partial charge in [0.1, 0.15) is 5.60 Å². The third-order valence-corrected chi connectivity index (χ3v) is 3.45. The van der Waals surface area contributed by atoms with Crippen LogP contribution in [0.3, 0.4) is 0 Å². The number of likely N-dealkylation sites (tertiary alicyclic amines) is 1. The van der Waals surface area contributed by atoms with E-state index in [4.69, 9.17) is 10.3 Å². The van der Waals surface area contributed by atoms with Gasteiger partial charge in [-0.2, -0.15) is 0 Å². The first kappa shape index (κ1) is 13.0. The van der Waals surface area contributed by atoms with Crippen molar-refractivity contribution in [2.45, 2.75) is 51.7 Å². The van der Waals surface area contributed by atoms with E-state index < -0.39 is 5.60 Å². The quantitative estimate of drug-likeness (QED) is 0.408. The van der Waals surface area contributed by atoms with E-state index in [1.165, 1.54) is 0 Å². The molecule has 0 aromatic heterocycles. The van der Waals surface area contributed by atoms with Crippen LogP contribution in [0.2, 0.25) is 0 Å². The fraction of sp³-hybridized carbons (Fsp3) is 0.917. The zero-order chi connectivity index (χ0) is 13.4. The molecule has 1 aliphatic carbocycles. The molecule has 1 amide bonds. The van der Waals surface area contributed by atoms with Crippen LogP contribution < -0.4 is 0 Å². The van der Waals surface area contributed by atoms with Gasteiger partial charge in [0, 0.05) is 18.0 Å². The van der Waals surface area contributed by atoms with E-state index in [1.54, 1.807) is 4.90 Å². The molecule has 1 heterocycles. The number of rotatable bonds is 1. The van der Waals surface area contributed by atoms with Crippen molar-refractivity contribution in [3.63, 3.8) is 0 Å². The van der Waals surface area contributed by atoms with Crippen LogP contribution >= 0.6 is 0 Å². The summed E-state index contributed by atoms with van der Waals surface area (Å²) in [6.07, 6.45) is 2.83. The largest absolute Gasteiger partial charge is 0.444 e. The summed E-state index contributed by atoms with van der Waals surface area (Å²) in [5.41, 5.74) is 8.25. The second-order valence-electron chi connectivity index (χ2n) is 6.42. The Morgan fingerprint density at radius 1 is 1.50 bits per heavy atom. The molecule has 1 atom stereocenters. The molecule has 6 nitrogen and oxygen atoms in total. The van der Waals surface area contributed by atoms with Gasteiger partial charge in [-0.3, -0.25) is 0 Å². The second kappa shape index (κ2) is 4.35. The van der Waals surface area contributed by atoms with Crippen LogP contribution in [0.1, 0.15) is 40.0 Å². The Labute approximate surface area is 107 Å². The molecule has 0 bridgehead atoms. The monoisotopic (exact) mass is 252 g/mol. The first-order valence-electron chi connectivity index (χ1n) is 6.36. The number of hydrogen-bond donors (Lipinski definition) is 0. The highest BCUT2D eigenvalue weighted by Crippen LogP contribution is 2.52. The molecule has 6 heteroatoms. The molecule has 2 fully saturated rings. The maximum absolute atomic E-state index is 12.0. The molecule has 0 radical (unpaired) electrons. The Morgan fingerprint density at radius 2 is 2.17 bits per heavy atom. The maximum Gasteiger partial charge on any atom is 0.410 e. The highest BCUT2D eigenvalue weighted by atomic mass is 16.6. The van der Waals surface area contributed by atoms with E-state index in [0.717, 1.165) is 25.8 Å². The first-order chi connectivity index (χ1) is 8.34. The zero-order valence-electron chi connectivity index (χ0n) is 11.2. The molecular formula is C12H20N4O2. The van der Waals surface area contributed by atoms with Gasteiger partial charge in [0.15, 0.2) is 0 Å². The predicted octanol–water partition coefficient (Wildman–Crippen LogP) is 3.09. The number of carbonyl (C=O) groups excluding carboxylic acids is 1. The van der Waals surface area contributed by atoms with Crippen molar-refractivity contribution in [1.82, 2.24) is 4.90 Å². The molecule has 100 valence electrons. The van der Waals surface area contributed by atoms with Crippen molar-refractivity contribution in [3.8, 4) is 0 Å². The van der Waals surface area contributed by atoms with E-state index >= 15 is 0 Å². The van der Waals surface area contributed by atoms with E-state index in [-0.39, 0.29) is 17.6 Å². The van der Waals surface area contributed by atoms with Gasteiger partial charge >= 0.3 is 6.09 Å². The summed E-state index contributed by atoms with van der Waals surface area (Å²) in [6.45, 7) is 6.77. The van der Waals surface area contributed by atoms with E-state index in [2.05, 4.69) is 10.0 Å². The zero-order valence-corrected chi connectivity index (χ0v) is 11.2. The summed E-state index contributed by atoms with van der Waals surface area (Å²) < 4.78 is 5.38. The standard InChI is InChI=1S/C12H20N4O2/c1-11(2,3)18-10(17)16-7-9(14-15-13)6-12(8-16)4-5-12/h9H,4-8H2,1-3H3. The number of piperidine rings is 1. The van der Waals surface area contributed by atoms with Crippen molar-refractivity contribution in [1.29, 1.82) is 0 Å². The molecule has 1 unspecified atom stereocenters. The average Bonchev–Trinajstić information content (AvgIpc) is 2.94. The minimum Gasteiger partial charge on any atom is -0.444 e. The Balaban J connectivity index is 2.03. The van der Waals surface area contributed by atoms with Gasteiger partial charge in [0.25, 0.3) is 0 Å². The molecule has 1 saturated carbocycles. The number of amides is 1. The summed E-state index contributed by atoms with van der Waals surface area (Å²) >= 11 is 0. The summed E-state index contributed by atoms with van der Waals surface area (Å²) in [5.74, 6) is 0. The van der Waals surface area contributed by atoms with Crippen LogP contribution in [0, 0.1) is 5.41 Å². The smallest absolute Gasteiger partial charge is 0.410 e. The molecule has 1 aliphatic heterocycles. The van der Waals surface area contributed by atoms with Crippen molar-refractivity contribution < 1.29 is 9.53 Å². The van der Waals surface area contributed by atoms with Crippen LogP contribution in [0.25, 0.3) is 10.4 Å². The summed E-state index contributed by atoms with van der Waals surface area (Å²) in [6, 6.07) is -0.112. The lowest BCUT2D eigenvalue weighted by molar-refractivity contribution is 0.0125. The van der Waals surface area contributed by atoms with Crippen LogP contribution in [-0.2, 0) is 4.74 Å². The van der Waals surface area contributed by atoms with E-state index in [1.807, 2.05) is 20.8 Å². The van der Waals surface area contributed by atoms with Crippen LogP contribution in [0.4, 0.5) is 4.79 Å². The molecule has 1 spiro atoms. The molecule has 2 rings (SSSR count). The van der Waals surface area contributed by atoms with Crippen LogP contribution in [0.5, 0.6) is 0 Å². The number of ether oxygens (including phenoxy) is 1. The van der Waals surface area contributed by atoms with Crippen molar-refractivity contribution >= 4 is 6.09 Å². The molecule has 18 heavy (non-hydrogen) atoms. The second-order valence-corrected chi connectivity index (χ2v) is 6.42. The Bertz CT molecular complexity index is 391. The van der Waals surface area contributed by atoms with Crippen molar-refractivity contribution in [2.24, 2.45) is 10.5 Å². The lowest BCUT2D eigenvalue weighted by atomic mass is 9.92. The molecule has 0 N–H and O–H groups in total. The lowest BCUT2D eigenvalue weighted by Gasteiger charge is -2.37. The van der Waals surface area contributed by atoms with Gasteiger partial charge in [-0.1, -0.05) is 5.11 Å². The summed E-state index contributed by atoms with van der Waals surface area (Å²) in [5, 5.41) is 3.78. The van der Waals surface area contributed by atoms with Gasteiger partial charge in [0.2, 0.25) is 0 Å². The molecule has 0 aromatic rings. The van der Waals surface area contributed by atoms with Gasteiger partial charge in [-0.15, -0.1) is 0 Å². The van der Waals surface area contributed by atoms with Crippen LogP contribution in [0.15, 0.2) is 5.11 Å². The van der Waals surface area contributed by atoms with E-state index in [9.17, 15) is 4.79 Å². The Kier molecular flexibility index (Phi) is 3.15. The third kappa shape index (κ3) is 3.07. The molecule has 2 aliphatic rings. The van der Waals surface area contributed by atoms with Crippen molar-refractivity contribution in [2.75, 3.05) is 13.1 Å². The SMILES string of the molecule is CC(C)(C)OC(=O)N1CC(N=[N+]=[N-])CC2(CC2)C1. The average molecular weight is 252 g/mol. The minimum atomic E-state index is -0.487. The number of hydrogen-bond acceptors (Lipinski definition) is 3. The number of azide groups is 1. The Morgan fingerprint density at radius 3 is 2.67 bits per heavy atom. The normalized spacial score (nSPS) is 25.5. The van der Waals surface area contributed by atoms with E-state index in [0.29, 0.717) is 6.54 Å². The highest BCUT2D eigenvalue weighted by molar-refractivity contribution is 5.68. The van der Waals surface area contributed by atoms with Crippen LogP contribution in [-0.4, -0.2) is 35.7 Å². The number of nitrogens with zero attached hydrogens (tertiary/aromatic N) is 4. The molecule has 0 aromatic carbocycles. The fourth-order valence-corrected chi connectivity index (χ4v) is 2.51. The van der Waals surface area contributed by atoms with Gasteiger partial charge in [0.05, 0.1) is 6.04 Å².